The minimum Gasteiger partial charge on any atom is -0.394 e. The Labute approximate surface area is 341 Å². The zero-order valence-corrected chi connectivity index (χ0v) is 34.8. The number of carbonyl (C=O) groups is 1. The molecule has 9 N–H and O–H groups in total. The summed E-state index contributed by atoms with van der Waals surface area (Å²) in [5.74, 6) is -0.227. The maximum atomic E-state index is 13.1. The van der Waals surface area contributed by atoms with Gasteiger partial charge in [0.2, 0.25) is 5.91 Å². The molecule has 334 valence electrons. The Morgan fingerprint density at radius 3 is 1.77 bits per heavy atom. The predicted octanol–water partition coefficient (Wildman–Crippen LogP) is 3.82. The molecular weight excluding hydrogens is 738 g/mol. The first-order chi connectivity index (χ1) is 27.6. The van der Waals surface area contributed by atoms with Crippen LogP contribution in [0.4, 0.5) is 0 Å². The highest BCUT2D eigenvalue weighted by atomic mass is 16.7. The number of allylic oxidation sites excluding steroid dienone is 4. The summed E-state index contributed by atoms with van der Waals surface area (Å²) < 4.78 is 22.6. The Hall–Kier alpha value is -1.53. The third kappa shape index (κ3) is 20.1. The van der Waals surface area contributed by atoms with Crippen molar-refractivity contribution in [2.75, 3.05) is 19.8 Å². The van der Waals surface area contributed by atoms with Crippen LogP contribution in [0.2, 0.25) is 0 Å². The molecule has 12 atom stereocenters. The molecule has 2 saturated heterocycles. The fourth-order valence-corrected chi connectivity index (χ4v) is 7.20. The molecule has 0 spiro atoms. The number of aliphatic hydroxyl groups excluding tert-OH is 8. The van der Waals surface area contributed by atoms with E-state index in [4.69, 9.17) is 18.9 Å². The highest BCUT2D eigenvalue weighted by molar-refractivity contribution is 5.76. The molecular formula is C43H79NO13. The summed E-state index contributed by atoms with van der Waals surface area (Å²) >= 11 is 0. The molecule has 2 rings (SSSR count). The minimum atomic E-state index is -1.78. The molecule has 2 heterocycles. The molecule has 2 aliphatic heterocycles. The van der Waals surface area contributed by atoms with Crippen molar-refractivity contribution in [3.63, 3.8) is 0 Å². The van der Waals surface area contributed by atoms with Crippen molar-refractivity contribution in [3.05, 3.63) is 24.3 Å². The van der Waals surface area contributed by atoms with Crippen molar-refractivity contribution in [3.8, 4) is 0 Å². The minimum absolute atomic E-state index is 0.227. The van der Waals surface area contributed by atoms with Gasteiger partial charge in [0.05, 0.1) is 32.0 Å². The standard InChI is InChI=1S/C43H79NO13/c1-3-5-7-9-11-12-13-14-15-16-17-18-19-21-23-25-27-35(48)44-31(32(47)26-24-22-20-10-8-6-4-2)30-54-42-40(53)38(51)41(34(29-46)56-42)57-43-39(52)37(50)36(49)33(28-45)55-43/h12-13,15-16,31-34,36-43,45-47,49-53H,3-11,14,17-30H2,1-2H3,(H,44,48)/b13-12-,16-15-. The van der Waals surface area contributed by atoms with E-state index in [1.54, 1.807) is 0 Å². The van der Waals surface area contributed by atoms with Crippen LogP contribution in [0.1, 0.15) is 149 Å². The van der Waals surface area contributed by atoms with E-state index in [1.165, 1.54) is 38.5 Å². The maximum Gasteiger partial charge on any atom is 0.220 e. The molecule has 57 heavy (non-hydrogen) atoms. The second kappa shape index (κ2) is 31.4. The average Bonchev–Trinajstić information content (AvgIpc) is 3.21. The van der Waals surface area contributed by atoms with Crippen LogP contribution < -0.4 is 5.32 Å². The van der Waals surface area contributed by atoms with Gasteiger partial charge in [-0.15, -0.1) is 0 Å². The molecule has 0 radical (unpaired) electrons. The molecule has 0 aromatic rings. The maximum absolute atomic E-state index is 13.1. The van der Waals surface area contributed by atoms with Crippen LogP contribution in [0, 0.1) is 0 Å². The van der Waals surface area contributed by atoms with Gasteiger partial charge in [-0.25, -0.2) is 0 Å². The van der Waals surface area contributed by atoms with E-state index in [0.29, 0.717) is 12.8 Å². The molecule has 14 heteroatoms. The quantitative estimate of drug-likeness (QED) is 0.0348. The average molecular weight is 818 g/mol. The molecule has 0 saturated carbocycles. The second-order valence-corrected chi connectivity index (χ2v) is 15.8. The number of ether oxygens (including phenoxy) is 4. The topological polar surface area (TPSA) is 228 Å². The summed E-state index contributed by atoms with van der Waals surface area (Å²) in [6.07, 6.45) is 13.6. The van der Waals surface area contributed by atoms with Crippen molar-refractivity contribution >= 4 is 5.91 Å². The molecule has 1 amide bonds. The fraction of sp³-hybridized carbons (Fsp3) is 0.884. The molecule has 0 aromatic heterocycles. The van der Waals surface area contributed by atoms with E-state index in [-0.39, 0.29) is 18.9 Å². The highest BCUT2D eigenvalue weighted by Gasteiger charge is 2.51. The normalized spacial score (nSPS) is 29.3. The molecule has 0 aromatic carbocycles. The van der Waals surface area contributed by atoms with Crippen molar-refractivity contribution < 1.29 is 64.6 Å². The van der Waals surface area contributed by atoms with Gasteiger partial charge >= 0.3 is 0 Å². The highest BCUT2D eigenvalue weighted by Crippen LogP contribution is 2.30. The van der Waals surface area contributed by atoms with Crippen LogP contribution in [0.3, 0.4) is 0 Å². The Morgan fingerprint density at radius 1 is 0.632 bits per heavy atom. The zero-order valence-electron chi connectivity index (χ0n) is 34.8. The van der Waals surface area contributed by atoms with E-state index < -0.39 is 86.8 Å². The molecule has 12 unspecified atom stereocenters. The lowest BCUT2D eigenvalue weighted by Crippen LogP contribution is -2.65. The number of unbranched alkanes of at least 4 members (excludes halogenated alkanes) is 15. The summed E-state index contributed by atoms with van der Waals surface area (Å²) in [6.45, 7) is 2.73. The molecule has 14 nitrogen and oxygen atoms in total. The first-order valence-corrected chi connectivity index (χ1v) is 22.1. The van der Waals surface area contributed by atoms with Crippen LogP contribution in [-0.2, 0) is 23.7 Å². The lowest BCUT2D eigenvalue weighted by Gasteiger charge is -2.46. The number of aliphatic hydroxyl groups is 8. The van der Waals surface area contributed by atoms with E-state index in [0.717, 1.165) is 77.0 Å². The van der Waals surface area contributed by atoms with Gasteiger partial charge in [-0.05, 0) is 44.9 Å². The van der Waals surface area contributed by atoms with E-state index in [1.807, 2.05) is 0 Å². The number of amides is 1. The van der Waals surface area contributed by atoms with Crippen molar-refractivity contribution in [2.24, 2.45) is 0 Å². The third-order valence-electron chi connectivity index (χ3n) is 10.9. The Kier molecular flexibility index (Phi) is 28.4. The van der Waals surface area contributed by atoms with Crippen molar-refractivity contribution in [1.29, 1.82) is 0 Å². The summed E-state index contributed by atoms with van der Waals surface area (Å²) in [5, 5.41) is 86.3. The van der Waals surface area contributed by atoms with Gasteiger partial charge in [0.15, 0.2) is 12.6 Å². The van der Waals surface area contributed by atoms with Gasteiger partial charge < -0.3 is 65.1 Å². The van der Waals surface area contributed by atoms with Crippen LogP contribution >= 0.6 is 0 Å². The number of hydrogen-bond donors (Lipinski definition) is 9. The van der Waals surface area contributed by atoms with Gasteiger partial charge in [-0.1, -0.05) is 122 Å². The Bertz CT molecular complexity index is 1060. The lowest BCUT2D eigenvalue weighted by atomic mass is 9.97. The molecule has 0 bridgehead atoms. The van der Waals surface area contributed by atoms with Gasteiger partial charge in [-0.2, -0.15) is 0 Å². The summed E-state index contributed by atoms with van der Waals surface area (Å²) in [5.41, 5.74) is 0. The van der Waals surface area contributed by atoms with Crippen LogP contribution in [0.25, 0.3) is 0 Å². The van der Waals surface area contributed by atoms with Crippen LogP contribution in [-0.4, -0.2) is 140 Å². The van der Waals surface area contributed by atoms with Crippen molar-refractivity contribution in [2.45, 2.75) is 222 Å². The van der Waals surface area contributed by atoms with E-state index in [2.05, 4.69) is 43.5 Å². The molecule has 2 fully saturated rings. The molecule has 2 aliphatic rings. The first kappa shape index (κ1) is 51.6. The SMILES string of the molecule is CCCCCC/C=C\C/C=C\CCCCCCCC(=O)NC(COC1OC(CO)C(OC2OC(CO)C(O)C(O)C2O)C(O)C1O)C(O)CCCCCCCCC. The Morgan fingerprint density at radius 2 is 1.16 bits per heavy atom. The van der Waals surface area contributed by atoms with Crippen molar-refractivity contribution in [1.82, 2.24) is 5.32 Å². The number of nitrogens with one attached hydrogen (secondary N) is 1. The lowest BCUT2D eigenvalue weighted by molar-refractivity contribution is -0.359. The summed E-state index contributed by atoms with van der Waals surface area (Å²) in [4.78, 5) is 13.1. The van der Waals surface area contributed by atoms with Crippen LogP contribution in [0.5, 0.6) is 0 Å². The molecule has 0 aliphatic carbocycles. The van der Waals surface area contributed by atoms with Gasteiger partial charge in [0.1, 0.15) is 48.8 Å². The smallest absolute Gasteiger partial charge is 0.220 e. The van der Waals surface area contributed by atoms with Crippen LogP contribution in [0.15, 0.2) is 24.3 Å². The third-order valence-corrected chi connectivity index (χ3v) is 10.9. The van der Waals surface area contributed by atoms with Gasteiger partial charge in [0, 0.05) is 6.42 Å². The number of carbonyl (C=O) groups excluding carboxylic acids is 1. The number of rotatable bonds is 32. The first-order valence-electron chi connectivity index (χ1n) is 22.1. The fourth-order valence-electron chi connectivity index (χ4n) is 7.20. The summed E-state index contributed by atoms with van der Waals surface area (Å²) in [6, 6.07) is -0.830. The number of hydrogen-bond acceptors (Lipinski definition) is 13. The largest absolute Gasteiger partial charge is 0.394 e. The Balaban J connectivity index is 1.86. The predicted molar refractivity (Wildman–Crippen MR) is 217 cm³/mol. The summed E-state index contributed by atoms with van der Waals surface area (Å²) in [7, 11) is 0. The van der Waals surface area contributed by atoms with Gasteiger partial charge in [-0.3, -0.25) is 4.79 Å². The van der Waals surface area contributed by atoms with Gasteiger partial charge in [0.25, 0.3) is 0 Å². The van der Waals surface area contributed by atoms with E-state index >= 15 is 0 Å². The van der Waals surface area contributed by atoms with E-state index in [9.17, 15) is 45.6 Å². The zero-order chi connectivity index (χ0) is 41.8. The monoisotopic (exact) mass is 818 g/mol. The second-order valence-electron chi connectivity index (χ2n) is 15.8.